The molecule has 3 heteroatoms. The first-order valence-electron chi connectivity index (χ1n) is 5.65. The second-order valence-corrected chi connectivity index (χ2v) is 4.02. The molecule has 1 aromatic carbocycles. The van der Waals surface area contributed by atoms with Crippen LogP contribution >= 0.6 is 0 Å². The molecule has 0 spiro atoms. The Morgan fingerprint density at radius 1 is 1.31 bits per heavy atom. The van der Waals surface area contributed by atoms with Crippen LogP contribution in [0.5, 0.6) is 0 Å². The maximum atomic E-state index is 11.0. The molecule has 0 saturated heterocycles. The molecular formula is C13H19NO2. The Morgan fingerprint density at radius 2 is 2.00 bits per heavy atom. The Bertz CT molecular complexity index is 350. The van der Waals surface area contributed by atoms with Crippen molar-refractivity contribution in [2.75, 3.05) is 20.1 Å². The monoisotopic (exact) mass is 221 g/mol. The molecule has 0 amide bonds. The van der Waals surface area contributed by atoms with Gasteiger partial charge in [-0.25, -0.2) is 4.79 Å². The molecule has 0 heterocycles. The van der Waals surface area contributed by atoms with E-state index in [0.29, 0.717) is 5.56 Å². The first kappa shape index (κ1) is 12.7. The van der Waals surface area contributed by atoms with Crippen molar-refractivity contribution >= 4 is 5.97 Å². The van der Waals surface area contributed by atoms with Gasteiger partial charge in [-0.3, -0.25) is 0 Å². The highest BCUT2D eigenvalue weighted by Gasteiger charge is 2.08. The molecule has 1 rings (SSSR count). The molecule has 0 saturated carbocycles. The number of aromatic carboxylic acids is 1. The van der Waals surface area contributed by atoms with Gasteiger partial charge in [0.25, 0.3) is 0 Å². The van der Waals surface area contributed by atoms with Crippen LogP contribution in [0.1, 0.15) is 29.3 Å². The van der Waals surface area contributed by atoms with Gasteiger partial charge >= 0.3 is 5.97 Å². The first-order chi connectivity index (χ1) is 7.65. The number of nitrogens with zero attached hydrogens (tertiary/aromatic N) is 1. The number of benzene rings is 1. The molecule has 0 unspecified atom stereocenters. The minimum atomic E-state index is -0.839. The third kappa shape index (κ3) is 3.66. The van der Waals surface area contributed by atoms with Gasteiger partial charge in [-0.05, 0) is 38.1 Å². The van der Waals surface area contributed by atoms with E-state index in [1.807, 2.05) is 12.1 Å². The van der Waals surface area contributed by atoms with Gasteiger partial charge in [0, 0.05) is 6.54 Å². The van der Waals surface area contributed by atoms with E-state index in [4.69, 9.17) is 5.11 Å². The van der Waals surface area contributed by atoms with Gasteiger partial charge in [0.05, 0.1) is 5.56 Å². The van der Waals surface area contributed by atoms with Crippen molar-refractivity contribution in [2.24, 2.45) is 0 Å². The fourth-order valence-corrected chi connectivity index (χ4v) is 1.75. The molecule has 0 aliphatic heterocycles. The zero-order valence-electron chi connectivity index (χ0n) is 9.94. The number of hydrogen-bond acceptors (Lipinski definition) is 2. The summed E-state index contributed by atoms with van der Waals surface area (Å²) in [6.07, 6.45) is 1.91. The average Bonchev–Trinajstić information content (AvgIpc) is 2.27. The summed E-state index contributed by atoms with van der Waals surface area (Å²) in [5.74, 6) is -0.839. The summed E-state index contributed by atoms with van der Waals surface area (Å²) in [4.78, 5) is 13.2. The predicted molar refractivity (Wildman–Crippen MR) is 64.9 cm³/mol. The van der Waals surface area contributed by atoms with E-state index < -0.39 is 5.97 Å². The SMILES string of the molecule is CCCN(C)CCc1ccccc1C(=O)O. The Labute approximate surface area is 96.7 Å². The number of carboxylic acid groups (broad SMARTS) is 1. The van der Waals surface area contributed by atoms with Crippen molar-refractivity contribution in [1.82, 2.24) is 4.90 Å². The highest BCUT2D eigenvalue weighted by molar-refractivity contribution is 5.89. The lowest BCUT2D eigenvalue weighted by Crippen LogP contribution is -2.22. The van der Waals surface area contributed by atoms with E-state index in [0.717, 1.165) is 31.5 Å². The van der Waals surface area contributed by atoms with E-state index >= 15 is 0 Å². The summed E-state index contributed by atoms with van der Waals surface area (Å²) < 4.78 is 0. The zero-order valence-corrected chi connectivity index (χ0v) is 9.94. The lowest BCUT2D eigenvalue weighted by atomic mass is 10.0. The van der Waals surface area contributed by atoms with Crippen molar-refractivity contribution < 1.29 is 9.90 Å². The van der Waals surface area contributed by atoms with Gasteiger partial charge in [0.1, 0.15) is 0 Å². The van der Waals surface area contributed by atoms with Crippen molar-refractivity contribution in [3.63, 3.8) is 0 Å². The lowest BCUT2D eigenvalue weighted by Gasteiger charge is -2.15. The van der Waals surface area contributed by atoms with Crippen LogP contribution in [0.25, 0.3) is 0 Å². The minimum Gasteiger partial charge on any atom is -0.478 e. The van der Waals surface area contributed by atoms with E-state index in [1.54, 1.807) is 12.1 Å². The molecule has 3 nitrogen and oxygen atoms in total. The second kappa shape index (κ2) is 6.28. The van der Waals surface area contributed by atoms with Crippen LogP contribution in [0.3, 0.4) is 0 Å². The summed E-state index contributed by atoms with van der Waals surface area (Å²) in [5.41, 5.74) is 1.34. The quantitative estimate of drug-likeness (QED) is 0.801. The first-order valence-corrected chi connectivity index (χ1v) is 5.65. The fraction of sp³-hybridized carbons (Fsp3) is 0.462. The van der Waals surface area contributed by atoms with E-state index in [1.165, 1.54) is 0 Å². The standard InChI is InChI=1S/C13H19NO2/c1-3-9-14(2)10-8-11-6-4-5-7-12(11)13(15)16/h4-7H,3,8-10H2,1-2H3,(H,15,16). The lowest BCUT2D eigenvalue weighted by molar-refractivity contribution is 0.0695. The molecule has 0 fully saturated rings. The molecule has 0 aliphatic carbocycles. The Kier molecular flexibility index (Phi) is 4.99. The fourth-order valence-electron chi connectivity index (χ4n) is 1.75. The largest absolute Gasteiger partial charge is 0.478 e. The molecule has 0 aromatic heterocycles. The van der Waals surface area contributed by atoms with Crippen molar-refractivity contribution in [1.29, 1.82) is 0 Å². The van der Waals surface area contributed by atoms with Crippen molar-refractivity contribution in [2.45, 2.75) is 19.8 Å². The Hall–Kier alpha value is -1.35. The predicted octanol–water partition coefficient (Wildman–Crippen LogP) is 2.27. The molecule has 1 aromatic rings. The van der Waals surface area contributed by atoms with E-state index in [9.17, 15) is 4.79 Å². The number of carboxylic acids is 1. The molecule has 0 atom stereocenters. The summed E-state index contributed by atoms with van der Waals surface area (Å²) in [6, 6.07) is 7.21. The molecular weight excluding hydrogens is 202 g/mol. The molecule has 88 valence electrons. The normalized spacial score (nSPS) is 10.7. The van der Waals surface area contributed by atoms with Crippen molar-refractivity contribution in [3.8, 4) is 0 Å². The van der Waals surface area contributed by atoms with Crippen LogP contribution < -0.4 is 0 Å². The van der Waals surface area contributed by atoms with Crippen LogP contribution in [0.15, 0.2) is 24.3 Å². The molecule has 1 N–H and O–H groups in total. The summed E-state index contributed by atoms with van der Waals surface area (Å²) in [6.45, 7) is 4.09. The number of carbonyl (C=O) groups is 1. The van der Waals surface area contributed by atoms with Gasteiger partial charge in [-0.15, -0.1) is 0 Å². The Morgan fingerprint density at radius 3 is 2.62 bits per heavy atom. The van der Waals surface area contributed by atoms with Crippen LogP contribution in [0.4, 0.5) is 0 Å². The van der Waals surface area contributed by atoms with Gasteiger partial charge in [0.2, 0.25) is 0 Å². The van der Waals surface area contributed by atoms with E-state index in [-0.39, 0.29) is 0 Å². The van der Waals surface area contributed by atoms with Crippen LogP contribution in [0, 0.1) is 0 Å². The minimum absolute atomic E-state index is 0.424. The number of likely N-dealkylation sites (N-methyl/N-ethyl adjacent to an activating group) is 1. The molecule has 0 aliphatic rings. The summed E-state index contributed by atoms with van der Waals surface area (Å²) in [5, 5.41) is 9.02. The molecule has 16 heavy (non-hydrogen) atoms. The number of hydrogen-bond donors (Lipinski definition) is 1. The molecule has 0 bridgehead atoms. The van der Waals surface area contributed by atoms with Crippen LogP contribution in [-0.2, 0) is 6.42 Å². The topological polar surface area (TPSA) is 40.5 Å². The Balaban J connectivity index is 2.63. The maximum absolute atomic E-state index is 11.0. The molecule has 0 radical (unpaired) electrons. The number of rotatable bonds is 6. The zero-order chi connectivity index (χ0) is 12.0. The third-order valence-corrected chi connectivity index (χ3v) is 2.62. The highest BCUT2D eigenvalue weighted by Crippen LogP contribution is 2.09. The van der Waals surface area contributed by atoms with Gasteiger partial charge in [-0.2, -0.15) is 0 Å². The highest BCUT2D eigenvalue weighted by atomic mass is 16.4. The summed E-state index contributed by atoms with van der Waals surface area (Å²) in [7, 11) is 2.06. The van der Waals surface area contributed by atoms with Crippen molar-refractivity contribution in [3.05, 3.63) is 35.4 Å². The smallest absolute Gasteiger partial charge is 0.335 e. The van der Waals surface area contributed by atoms with Gasteiger partial charge < -0.3 is 10.0 Å². The van der Waals surface area contributed by atoms with Crippen LogP contribution in [-0.4, -0.2) is 36.1 Å². The average molecular weight is 221 g/mol. The van der Waals surface area contributed by atoms with Crippen LogP contribution in [0.2, 0.25) is 0 Å². The second-order valence-electron chi connectivity index (χ2n) is 4.02. The van der Waals surface area contributed by atoms with E-state index in [2.05, 4.69) is 18.9 Å². The van der Waals surface area contributed by atoms with Gasteiger partial charge in [-0.1, -0.05) is 25.1 Å². The van der Waals surface area contributed by atoms with Gasteiger partial charge in [0.15, 0.2) is 0 Å². The third-order valence-electron chi connectivity index (χ3n) is 2.62. The summed E-state index contributed by atoms with van der Waals surface area (Å²) >= 11 is 0. The maximum Gasteiger partial charge on any atom is 0.335 e.